The molecule has 8 nitrogen and oxygen atoms in total. The van der Waals surface area contributed by atoms with Crippen LogP contribution in [0.3, 0.4) is 0 Å². The number of rotatable bonds is 10. The minimum absolute atomic E-state index is 0.0592. The summed E-state index contributed by atoms with van der Waals surface area (Å²) in [5.74, 6) is -0.504. The zero-order valence-corrected chi connectivity index (χ0v) is 26.6. The van der Waals surface area contributed by atoms with Gasteiger partial charge in [-0.05, 0) is 104 Å². The summed E-state index contributed by atoms with van der Waals surface area (Å²) in [6.45, 7) is 0.918. The zero-order valence-electron chi connectivity index (χ0n) is 25.7. The van der Waals surface area contributed by atoms with E-state index in [1.165, 1.54) is 34.1 Å². The number of imide groups is 2. The van der Waals surface area contributed by atoms with E-state index in [0.29, 0.717) is 32.4 Å². The Kier molecular flexibility index (Phi) is 11.6. The highest BCUT2D eigenvalue weighted by atomic mass is 32.2. The summed E-state index contributed by atoms with van der Waals surface area (Å²) in [6, 6.07) is 20.2. The molecule has 0 N–H and O–H groups in total. The van der Waals surface area contributed by atoms with E-state index in [-0.39, 0.29) is 40.3 Å². The van der Waals surface area contributed by atoms with Crippen molar-refractivity contribution >= 4 is 34.7 Å². The molecule has 4 amide bonds. The van der Waals surface area contributed by atoms with Crippen LogP contribution in [0.1, 0.15) is 43.2 Å². The second-order valence-electron chi connectivity index (χ2n) is 11.2. The maximum Gasteiger partial charge on any atom is 0.288 e. The third-order valence-electron chi connectivity index (χ3n) is 7.85. The molecular formula is C36H34F2N4O4S. The molecule has 2 aliphatic heterocycles. The molecule has 2 saturated heterocycles. The van der Waals surface area contributed by atoms with Gasteiger partial charge in [0, 0.05) is 49.5 Å². The van der Waals surface area contributed by atoms with Crippen molar-refractivity contribution in [1.29, 1.82) is 0 Å². The fraction of sp³-hybridized carbons (Fsp3) is 0.278. The summed E-state index contributed by atoms with van der Waals surface area (Å²) >= 11 is 1.06. The summed E-state index contributed by atoms with van der Waals surface area (Å²) in [6.07, 6.45) is 8.14. The summed E-state index contributed by atoms with van der Waals surface area (Å²) in [4.78, 5) is 57.9. The topological polar surface area (TPSA) is 101 Å². The maximum absolute atomic E-state index is 12.9. The Labute approximate surface area is 276 Å². The van der Waals surface area contributed by atoms with Gasteiger partial charge in [-0.2, -0.15) is 0 Å². The van der Waals surface area contributed by atoms with Gasteiger partial charge in [0.1, 0.15) is 11.6 Å². The predicted octanol–water partition coefficient (Wildman–Crippen LogP) is 6.88. The molecule has 11 heteroatoms. The molecule has 4 aromatic rings. The molecule has 0 radical (unpaired) electrons. The minimum atomic E-state index is -0.269. The summed E-state index contributed by atoms with van der Waals surface area (Å²) < 4.78 is 25.9. The standard InChI is InChI=1S/C19H19FN2O2.C17H15FN2O2S/c20-16-9-7-15(8-10-16)17-11-6-14(13-21-17)3-2-12-22-18(23)4-1-5-19(22)24;18-14-6-4-13(5-7-14)15-8-3-12(10-19-15)2-1-9-20-16(21)11-23-17(20)22/h6-11,13H,1-5,12H2;3-8,10H,1-2,9,11H2. The molecule has 0 atom stereocenters. The number of hydrogen-bond donors (Lipinski definition) is 0. The van der Waals surface area contributed by atoms with Gasteiger partial charge in [-0.3, -0.25) is 38.9 Å². The monoisotopic (exact) mass is 656 g/mol. The van der Waals surface area contributed by atoms with Crippen LogP contribution < -0.4 is 0 Å². The molecule has 2 aromatic heterocycles. The maximum atomic E-state index is 12.9. The SMILES string of the molecule is O=C1CCCC(=O)N1CCCc1ccc(-c2ccc(F)cc2)nc1.O=C1CSC(=O)N1CCCc1ccc(-c2ccc(F)cc2)nc1. The Balaban J connectivity index is 0.000000185. The lowest BCUT2D eigenvalue weighted by molar-refractivity contribution is -0.148. The van der Waals surface area contributed by atoms with Gasteiger partial charge in [0.05, 0.1) is 17.1 Å². The van der Waals surface area contributed by atoms with Gasteiger partial charge in [0.15, 0.2) is 0 Å². The number of halogens is 2. The van der Waals surface area contributed by atoms with Crippen molar-refractivity contribution in [3.63, 3.8) is 0 Å². The number of benzene rings is 2. The molecule has 4 heterocycles. The Morgan fingerprint density at radius 1 is 0.596 bits per heavy atom. The lowest BCUT2D eigenvalue weighted by Gasteiger charge is -2.24. The van der Waals surface area contributed by atoms with E-state index in [9.17, 15) is 28.0 Å². The van der Waals surface area contributed by atoms with E-state index >= 15 is 0 Å². The van der Waals surface area contributed by atoms with Crippen LogP contribution in [-0.2, 0) is 27.2 Å². The molecule has 2 fully saturated rings. The van der Waals surface area contributed by atoms with E-state index in [0.717, 1.165) is 71.1 Å². The number of aryl methyl sites for hydroxylation is 2. The highest BCUT2D eigenvalue weighted by Crippen LogP contribution is 2.21. The number of aromatic nitrogens is 2. The van der Waals surface area contributed by atoms with Crippen molar-refractivity contribution in [3.8, 4) is 22.5 Å². The zero-order chi connectivity index (χ0) is 33.2. The third kappa shape index (κ3) is 9.38. The number of amides is 4. The van der Waals surface area contributed by atoms with E-state index in [1.54, 1.807) is 36.7 Å². The highest BCUT2D eigenvalue weighted by molar-refractivity contribution is 8.14. The van der Waals surface area contributed by atoms with E-state index < -0.39 is 0 Å². The van der Waals surface area contributed by atoms with Crippen LogP contribution in [-0.4, -0.2) is 61.6 Å². The number of carbonyl (C=O) groups excluding carboxylic acids is 4. The summed E-state index contributed by atoms with van der Waals surface area (Å²) in [5, 5.41) is -0.153. The molecular weight excluding hydrogens is 622 g/mol. The second-order valence-corrected chi connectivity index (χ2v) is 12.1. The molecule has 0 saturated carbocycles. The molecule has 242 valence electrons. The quantitative estimate of drug-likeness (QED) is 0.172. The van der Waals surface area contributed by atoms with Crippen LogP contribution in [0.5, 0.6) is 0 Å². The molecule has 2 aliphatic rings. The fourth-order valence-corrected chi connectivity index (χ4v) is 6.01. The van der Waals surface area contributed by atoms with E-state index in [4.69, 9.17) is 0 Å². The van der Waals surface area contributed by atoms with Gasteiger partial charge in [-0.15, -0.1) is 0 Å². The van der Waals surface area contributed by atoms with Gasteiger partial charge in [-0.1, -0.05) is 23.9 Å². The van der Waals surface area contributed by atoms with Crippen LogP contribution in [0, 0.1) is 11.6 Å². The number of piperidine rings is 1. The largest absolute Gasteiger partial charge is 0.288 e. The second kappa shape index (κ2) is 16.2. The first kappa shape index (κ1) is 33.6. The average Bonchev–Trinajstić information content (AvgIpc) is 3.40. The normalized spacial score (nSPS) is 14.8. The van der Waals surface area contributed by atoms with E-state index in [2.05, 4.69) is 9.97 Å². The molecule has 6 rings (SSSR count). The highest BCUT2D eigenvalue weighted by Gasteiger charge is 2.29. The van der Waals surface area contributed by atoms with Crippen LogP contribution in [0.2, 0.25) is 0 Å². The van der Waals surface area contributed by atoms with Crippen LogP contribution >= 0.6 is 11.8 Å². The lowest BCUT2D eigenvalue weighted by Crippen LogP contribution is -2.40. The first-order valence-electron chi connectivity index (χ1n) is 15.5. The molecule has 0 spiro atoms. The average molecular weight is 657 g/mol. The number of thioether (sulfide) groups is 1. The van der Waals surface area contributed by atoms with Crippen LogP contribution in [0.25, 0.3) is 22.5 Å². The van der Waals surface area contributed by atoms with Gasteiger partial charge in [0.2, 0.25) is 17.7 Å². The number of pyridine rings is 2. The first-order chi connectivity index (χ1) is 22.8. The Morgan fingerprint density at radius 2 is 1.06 bits per heavy atom. The minimum Gasteiger partial charge on any atom is -0.283 e. The Hall–Kier alpha value is -4.77. The van der Waals surface area contributed by atoms with Crippen molar-refractivity contribution in [1.82, 2.24) is 19.8 Å². The van der Waals surface area contributed by atoms with Crippen molar-refractivity contribution in [2.24, 2.45) is 0 Å². The van der Waals surface area contributed by atoms with Gasteiger partial charge < -0.3 is 0 Å². The van der Waals surface area contributed by atoms with Crippen LogP contribution in [0.15, 0.2) is 85.2 Å². The number of hydrogen-bond acceptors (Lipinski definition) is 7. The first-order valence-corrected chi connectivity index (χ1v) is 16.5. The van der Waals surface area contributed by atoms with Gasteiger partial charge >= 0.3 is 0 Å². The number of likely N-dealkylation sites (tertiary alicyclic amines) is 1. The number of nitrogens with zero attached hydrogens (tertiary/aromatic N) is 4. The fourth-order valence-electron chi connectivity index (χ4n) is 5.26. The predicted molar refractivity (Wildman–Crippen MR) is 176 cm³/mol. The third-order valence-corrected chi connectivity index (χ3v) is 8.71. The van der Waals surface area contributed by atoms with Crippen molar-refractivity contribution < 1.29 is 28.0 Å². The number of carbonyl (C=O) groups is 4. The molecule has 0 aliphatic carbocycles. The Bertz CT molecular complexity index is 1670. The summed E-state index contributed by atoms with van der Waals surface area (Å²) in [5.41, 5.74) is 5.41. The Morgan fingerprint density at radius 3 is 1.47 bits per heavy atom. The van der Waals surface area contributed by atoms with Gasteiger partial charge in [0.25, 0.3) is 5.24 Å². The molecule has 47 heavy (non-hydrogen) atoms. The van der Waals surface area contributed by atoms with E-state index in [1.807, 2.05) is 24.3 Å². The van der Waals surface area contributed by atoms with Crippen molar-refractivity contribution in [3.05, 3.63) is 108 Å². The van der Waals surface area contributed by atoms with Crippen molar-refractivity contribution in [2.45, 2.75) is 44.9 Å². The lowest BCUT2D eigenvalue weighted by atomic mass is 10.1. The molecule has 0 bridgehead atoms. The van der Waals surface area contributed by atoms with Crippen LogP contribution in [0.4, 0.5) is 13.6 Å². The van der Waals surface area contributed by atoms with Gasteiger partial charge in [-0.25, -0.2) is 8.78 Å². The smallest absolute Gasteiger partial charge is 0.283 e. The summed E-state index contributed by atoms with van der Waals surface area (Å²) in [7, 11) is 0. The molecule has 0 unspecified atom stereocenters. The van der Waals surface area contributed by atoms with Crippen molar-refractivity contribution in [2.75, 3.05) is 18.8 Å². The molecule has 2 aromatic carbocycles.